The lowest BCUT2D eigenvalue weighted by molar-refractivity contribution is 0.560. The van der Waals surface area contributed by atoms with E-state index in [0.717, 1.165) is 16.3 Å². The van der Waals surface area contributed by atoms with E-state index in [-0.39, 0.29) is 6.04 Å². The van der Waals surface area contributed by atoms with E-state index in [1.165, 1.54) is 0 Å². The summed E-state index contributed by atoms with van der Waals surface area (Å²) in [7, 11) is 0. The molecule has 0 aliphatic rings. The molecule has 0 amide bonds. The maximum absolute atomic E-state index is 6.00. The summed E-state index contributed by atoms with van der Waals surface area (Å²) >= 11 is 7.47. The van der Waals surface area contributed by atoms with Crippen molar-refractivity contribution in [2.75, 3.05) is 0 Å². The summed E-state index contributed by atoms with van der Waals surface area (Å²) in [4.78, 5) is 4.36. The predicted octanol–water partition coefficient (Wildman–Crippen LogP) is 2.94. The summed E-state index contributed by atoms with van der Waals surface area (Å²) in [6.07, 6.45) is 2.23. The first-order valence-corrected chi connectivity index (χ1v) is 5.82. The van der Waals surface area contributed by atoms with Crippen LogP contribution in [0.2, 0.25) is 5.22 Å². The molecule has 2 heterocycles. The number of thiazole rings is 1. The van der Waals surface area contributed by atoms with Crippen molar-refractivity contribution in [3.63, 3.8) is 0 Å². The molecule has 0 spiro atoms. The lowest BCUT2D eigenvalue weighted by Gasteiger charge is -2.07. The van der Waals surface area contributed by atoms with Crippen LogP contribution in [0, 0.1) is 6.92 Å². The van der Waals surface area contributed by atoms with E-state index in [9.17, 15) is 0 Å². The van der Waals surface area contributed by atoms with Gasteiger partial charge in [0, 0.05) is 23.4 Å². The molecule has 0 saturated carbocycles. The number of nitrogens with zero attached hydrogens (tertiary/aromatic N) is 1. The van der Waals surface area contributed by atoms with Crippen molar-refractivity contribution in [1.82, 2.24) is 4.98 Å². The van der Waals surface area contributed by atoms with E-state index in [4.69, 9.17) is 21.8 Å². The van der Waals surface area contributed by atoms with Crippen LogP contribution in [-0.2, 0) is 6.42 Å². The highest BCUT2D eigenvalue weighted by molar-refractivity contribution is 7.09. The summed E-state index contributed by atoms with van der Waals surface area (Å²) < 4.78 is 5.00. The number of halogens is 1. The third kappa shape index (κ3) is 2.40. The molecule has 0 aliphatic carbocycles. The van der Waals surface area contributed by atoms with E-state index in [0.29, 0.717) is 11.6 Å². The lowest BCUT2D eigenvalue weighted by atomic mass is 10.1. The number of hydrogen-bond acceptors (Lipinski definition) is 4. The van der Waals surface area contributed by atoms with E-state index in [1.807, 2.05) is 12.3 Å². The van der Waals surface area contributed by atoms with Crippen LogP contribution in [0.25, 0.3) is 0 Å². The second kappa shape index (κ2) is 4.35. The highest BCUT2D eigenvalue weighted by Crippen LogP contribution is 2.25. The second-order valence-corrected chi connectivity index (χ2v) is 4.72. The zero-order valence-corrected chi connectivity index (χ0v) is 9.81. The van der Waals surface area contributed by atoms with Gasteiger partial charge in [0.1, 0.15) is 0 Å². The van der Waals surface area contributed by atoms with Crippen LogP contribution < -0.4 is 5.73 Å². The summed E-state index contributed by atoms with van der Waals surface area (Å²) in [5, 5.41) is 3.44. The van der Waals surface area contributed by atoms with Gasteiger partial charge in [-0.2, -0.15) is 0 Å². The zero-order valence-electron chi connectivity index (χ0n) is 8.24. The summed E-state index contributed by atoms with van der Waals surface area (Å²) in [5.41, 5.74) is 7.84. The van der Waals surface area contributed by atoms with E-state index >= 15 is 0 Å². The van der Waals surface area contributed by atoms with Crippen molar-refractivity contribution in [3.8, 4) is 0 Å². The molecule has 80 valence electrons. The van der Waals surface area contributed by atoms with Crippen molar-refractivity contribution in [2.45, 2.75) is 19.4 Å². The Morgan fingerprint density at radius 2 is 2.47 bits per heavy atom. The van der Waals surface area contributed by atoms with Gasteiger partial charge in [-0.3, -0.25) is 0 Å². The van der Waals surface area contributed by atoms with E-state index < -0.39 is 0 Å². The first kappa shape index (κ1) is 10.7. The first-order valence-electron chi connectivity index (χ1n) is 4.56. The molecule has 0 radical (unpaired) electrons. The van der Waals surface area contributed by atoms with Crippen LogP contribution in [0.15, 0.2) is 22.1 Å². The molecule has 1 unspecified atom stereocenters. The number of aromatic nitrogens is 1. The molecule has 0 aromatic carbocycles. The van der Waals surface area contributed by atoms with Crippen molar-refractivity contribution in [3.05, 3.63) is 39.2 Å². The van der Waals surface area contributed by atoms with E-state index in [1.54, 1.807) is 23.7 Å². The van der Waals surface area contributed by atoms with Crippen LogP contribution in [-0.4, -0.2) is 4.98 Å². The van der Waals surface area contributed by atoms with Gasteiger partial charge in [0.25, 0.3) is 0 Å². The van der Waals surface area contributed by atoms with Crippen molar-refractivity contribution in [2.24, 2.45) is 5.73 Å². The molecule has 1 atom stereocenters. The second-order valence-electron chi connectivity index (χ2n) is 3.32. The standard InChI is InChI=1S/C10H11ClN2OS/c1-6-13-7(5-15-6)4-9(12)8-2-3-14-10(8)11/h2-3,5,9H,4,12H2,1H3. The predicted molar refractivity (Wildman–Crippen MR) is 61.2 cm³/mol. The third-order valence-electron chi connectivity index (χ3n) is 2.14. The summed E-state index contributed by atoms with van der Waals surface area (Å²) in [6.45, 7) is 1.98. The van der Waals surface area contributed by atoms with Gasteiger partial charge in [0.15, 0.2) is 5.22 Å². The molecule has 0 saturated heterocycles. The van der Waals surface area contributed by atoms with Crippen LogP contribution in [0.1, 0.15) is 22.3 Å². The Bertz CT molecular complexity index is 452. The van der Waals surface area contributed by atoms with Gasteiger partial charge in [-0.25, -0.2) is 4.98 Å². The van der Waals surface area contributed by atoms with Gasteiger partial charge >= 0.3 is 0 Å². The van der Waals surface area contributed by atoms with Gasteiger partial charge in [-0.15, -0.1) is 11.3 Å². The van der Waals surface area contributed by atoms with E-state index in [2.05, 4.69) is 4.98 Å². The van der Waals surface area contributed by atoms with Crippen molar-refractivity contribution < 1.29 is 4.42 Å². The van der Waals surface area contributed by atoms with Crippen LogP contribution >= 0.6 is 22.9 Å². The molecule has 0 bridgehead atoms. The lowest BCUT2D eigenvalue weighted by Crippen LogP contribution is -2.13. The normalized spacial score (nSPS) is 13.0. The highest BCUT2D eigenvalue weighted by Gasteiger charge is 2.14. The molecule has 2 aromatic rings. The SMILES string of the molecule is Cc1nc(CC(N)c2ccoc2Cl)cs1. The molecular weight excluding hydrogens is 232 g/mol. The maximum Gasteiger partial charge on any atom is 0.197 e. The Morgan fingerprint density at radius 3 is 3.00 bits per heavy atom. The highest BCUT2D eigenvalue weighted by atomic mass is 35.5. The molecule has 5 heteroatoms. The fraction of sp³-hybridized carbons (Fsp3) is 0.300. The van der Waals surface area contributed by atoms with Gasteiger partial charge < -0.3 is 10.2 Å². The van der Waals surface area contributed by atoms with Crippen molar-refractivity contribution >= 4 is 22.9 Å². The number of furan rings is 1. The molecule has 3 nitrogen and oxygen atoms in total. The Morgan fingerprint density at radius 1 is 1.67 bits per heavy atom. The van der Waals surface area contributed by atoms with Crippen LogP contribution in [0.4, 0.5) is 0 Å². The minimum atomic E-state index is -0.155. The van der Waals surface area contributed by atoms with Gasteiger partial charge in [0.05, 0.1) is 17.0 Å². The van der Waals surface area contributed by atoms with Crippen LogP contribution in [0.3, 0.4) is 0 Å². The molecule has 15 heavy (non-hydrogen) atoms. The molecule has 2 aromatic heterocycles. The molecule has 0 aliphatic heterocycles. The van der Waals surface area contributed by atoms with Gasteiger partial charge in [0.2, 0.25) is 0 Å². The number of rotatable bonds is 3. The number of hydrogen-bond donors (Lipinski definition) is 1. The van der Waals surface area contributed by atoms with Crippen molar-refractivity contribution in [1.29, 1.82) is 0 Å². The monoisotopic (exact) mass is 242 g/mol. The third-order valence-corrected chi connectivity index (χ3v) is 3.27. The molecule has 2 N–H and O–H groups in total. The summed E-state index contributed by atoms with van der Waals surface area (Å²) in [5.74, 6) is 0. The Labute approximate surface area is 96.9 Å². The zero-order chi connectivity index (χ0) is 10.8. The average Bonchev–Trinajstić information content (AvgIpc) is 2.75. The average molecular weight is 243 g/mol. The van der Waals surface area contributed by atoms with Gasteiger partial charge in [-0.05, 0) is 24.6 Å². The minimum Gasteiger partial charge on any atom is -0.453 e. The topological polar surface area (TPSA) is 52.0 Å². The largest absolute Gasteiger partial charge is 0.453 e. The Balaban J connectivity index is 2.10. The molecule has 0 fully saturated rings. The number of nitrogens with two attached hydrogens (primary N) is 1. The fourth-order valence-corrected chi connectivity index (χ4v) is 2.29. The summed E-state index contributed by atoms with van der Waals surface area (Å²) in [6, 6.07) is 1.64. The Hall–Kier alpha value is -0.840. The Kier molecular flexibility index (Phi) is 3.09. The smallest absolute Gasteiger partial charge is 0.197 e. The van der Waals surface area contributed by atoms with Crippen LogP contribution in [0.5, 0.6) is 0 Å². The molecular formula is C10H11ClN2OS. The quantitative estimate of drug-likeness (QED) is 0.900. The number of aryl methyl sites for hydroxylation is 1. The van der Waals surface area contributed by atoms with Gasteiger partial charge in [-0.1, -0.05) is 0 Å². The minimum absolute atomic E-state index is 0.155. The molecule has 2 rings (SSSR count). The first-order chi connectivity index (χ1) is 7.16. The maximum atomic E-state index is 6.00. The fourth-order valence-electron chi connectivity index (χ4n) is 1.41.